The summed E-state index contributed by atoms with van der Waals surface area (Å²) < 4.78 is 31.3. The van der Waals surface area contributed by atoms with Crippen LogP contribution in [0.1, 0.15) is 34.9 Å². The van der Waals surface area contributed by atoms with Crippen LogP contribution < -0.4 is 0 Å². The van der Waals surface area contributed by atoms with Crippen molar-refractivity contribution in [3.63, 3.8) is 0 Å². The number of benzene rings is 2. The highest BCUT2D eigenvalue weighted by Gasteiger charge is 2.31. The van der Waals surface area contributed by atoms with Gasteiger partial charge in [0.05, 0.1) is 10.5 Å². The fourth-order valence-electron chi connectivity index (χ4n) is 3.16. The van der Waals surface area contributed by atoms with Gasteiger partial charge in [-0.1, -0.05) is 36.4 Å². The van der Waals surface area contributed by atoms with E-state index in [1.165, 1.54) is 38.4 Å². The number of esters is 1. The van der Waals surface area contributed by atoms with Crippen LogP contribution in [0.15, 0.2) is 59.5 Å². The highest BCUT2D eigenvalue weighted by molar-refractivity contribution is 7.89. The van der Waals surface area contributed by atoms with Gasteiger partial charge in [-0.05, 0) is 31.0 Å². The molecule has 1 saturated heterocycles. The molecule has 1 heterocycles. The zero-order valence-corrected chi connectivity index (χ0v) is 17.3. The van der Waals surface area contributed by atoms with Crippen LogP contribution in [-0.4, -0.2) is 56.7 Å². The van der Waals surface area contributed by atoms with Crippen molar-refractivity contribution in [2.24, 2.45) is 0 Å². The summed E-state index contributed by atoms with van der Waals surface area (Å²) in [5.41, 5.74) is 0.651. The molecule has 7 nitrogen and oxygen atoms in total. The average Bonchev–Trinajstić information content (AvgIpc) is 3.27. The van der Waals surface area contributed by atoms with Crippen LogP contribution in [0.4, 0.5) is 0 Å². The maximum absolute atomic E-state index is 13.0. The van der Waals surface area contributed by atoms with Crippen molar-refractivity contribution >= 4 is 21.9 Å². The van der Waals surface area contributed by atoms with E-state index in [1.54, 1.807) is 29.2 Å². The number of sulfonamides is 1. The Morgan fingerprint density at radius 1 is 1.00 bits per heavy atom. The minimum Gasteiger partial charge on any atom is -0.444 e. The van der Waals surface area contributed by atoms with Crippen molar-refractivity contribution in [3.05, 3.63) is 65.7 Å². The fourth-order valence-corrected chi connectivity index (χ4v) is 4.11. The van der Waals surface area contributed by atoms with Gasteiger partial charge in [0.1, 0.15) is 0 Å². The predicted molar refractivity (Wildman–Crippen MR) is 108 cm³/mol. The standard InChI is InChI=1S/C21H24N2O5S/c1-22(2)29(26,27)18-12-8-11-17(15-18)21(25)28-19(16-9-4-3-5-10-16)20(24)23-13-6-7-14-23/h3-5,8-12,15,19H,6-7,13-14H2,1-2H3/t19-/m1/s1. The van der Waals surface area contributed by atoms with Gasteiger partial charge in [-0.3, -0.25) is 4.79 Å². The van der Waals surface area contributed by atoms with E-state index in [0.29, 0.717) is 18.7 Å². The van der Waals surface area contributed by atoms with Crippen molar-refractivity contribution in [3.8, 4) is 0 Å². The summed E-state index contributed by atoms with van der Waals surface area (Å²) in [6, 6.07) is 14.5. The zero-order chi connectivity index (χ0) is 21.0. The highest BCUT2D eigenvalue weighted by Crippen LogP contribution is 2.25. The molecule has 2 aromatic rings. The Morgan fingerprint density at radius 3 is 2.28 bits per heavy atom. The average molecular weight is 416 g/mol. The summed E-state index contributed by atoms with van der Waals surface area (Å²) in [7, 11) is -0.858. The van der Waals surface area contributed by atoms with E-state index in [2.05, 4.69) is 0 Å². The number of carbonyl (C=O) groups is 2. The quantitative estimate of drug-likeness (QED) is 0.676. The molecule has 1 fully saturated rings. The Morgan fingerprint density at radius 2 is 1.66 bits per heavy atom. The molecule has 0 aromatic heterocycles. The number of nitrogens with zero attached hydrogens (tertiary/aromatic N) is 2. The lowest BCUT2D eigenvalue weighted by Gasteiger charge is -2.23. The first kappa shape index (κ1) is 21.0. The van der Waals surface area contributed by atoms with Gasteiger partial charge < -0.3 is 9.64 Å². The van der Waals surface area contributed by atoms with Crippen molar-refractivity contribution in [2.45, 2.75) is 23.8 Å². The first-order valence-corrected chi connectivity index (χ1v) is 10.8. The molecular formula is C21H24N2O5S. The Kier molecular flexibility index (Phi) is 6.34. The van der Waals surface area contributed by atoms with Gasteiger partial charge in [0.2, 0.25) is 16.1 Å². The molecule has 1 amide bonds. The molecule has 2 aromatic carbocycles. The van der Waals surface area contributed by atoms with Gasteiger partial charge in [-0.15, -0.1) is 0 Å². The normalized spacial score (nSPS) is 15.3. The van der Waals surface area contributed by atoms with Crippen molar-refractivity contribution in [1.82, 2.24) is 9.21 Å². The van der Waals surface area contributed by atoms with Crippen LogP contribution in [-0.2, 0) is 19.6 Å². The van der Waals surface area contributed by atoms with E-state index in [0.717, 1.165) is 17.1 Å². The van der Waals surface area contributed by atoms with E-state index >= 15 is 0 Å². The molecule has 3 rings (SSSR count). The predicted octanol–water partition coefficient (Wildman–Crippen LogP) is 2.46. The topological polar surface area (TPSA) is 84.0 Å². The molecule has 1 aliphatic heterocycles. The second-order valence-corrected chi connectivity index (χ2v) is 9.20. The van der Waals surface area contributed by atoms with Crippen LogP contribution in [0.2, 0.25) is 0 Å². The van der Waals surface area contributed by atoms with Crippen LogP contribution in [0.25, 0.3) is 0 Å². The van der Waals surface area contributed by atoms with Crippen molar-refractivity contribution < 1.29 is 22.7 Å². The summed E-state index contributed by atoms with van der Waals surface area (Å²) in [4.78, 5) is 27.4. The third-order valence-electron chi connectivity index (χ3n) is 4.82. The molecule has 0 spiro atoms. The molecule has 8 heteroatoms. The summed E-state index contributed by atoms with van der Waals surface area (Å²) in [6.45, 7) is 1.27. The summed E-state index contributed by atoms with van der Waals surface area (Å²) in [5, 5.41) is 0. The Bertz CT molecular complexity index is 983. The smallest absolute Gasteiger partial charge is 0.339 e. The summed E-state index contributed by atoms with van der Waals surface area (Å²) >= 11 is 0. The molecule has 0 radical (unpaired) electrons. The van der Waals surface area contributed by atoms with Crippen LogP contribution in [0.3, 0.4) is 0 Å². The van der Waals surface area contributed by atoms with E-state index in [9.17, 15) is 18.0 Å². The maximum atomic E-state index is 13.0. The van der Waals surface area contributed by atoms with Gasteiger partial charge in [-0.25, -0.2) is 17.5 Å². The Balaban J connectivity index is 1.88. The molecule has 0 aliphatic carbocycles. The van der Waals surface area contributed by atoms with Crippen LogP contribution in [0.5, 0.6) is 0 Å². The van der Waals surface area contributed by atoms with Crippen molar-refractivity contribution in [2.75, 3.05) is 27.2 Å². The number of carbonyl (C=O) groups excluding carboxylic acids is 2. The zero-order valence-electron chi connectivity index (χ0n) is 16.4. The second-order valence-electron chi connectivity index (χ2n) is 7.04. The van der Waals surface area contributed by atoms with Gasteiger partial charge in [-0.2, -0.15) is 0 Å². The molecule has 1 atom stereocenters. The Hall–Kier alpha value is -2.71. The highest BCUT2D eigenvalue weighted by atomic mass is 32.2. The molecular weight excluding hydrogens is 392 g/mol. The molecule has 0 bridgehead atoms. The molecule has 0 saturated carbocycles. The van der Waals surface area contributed by atoms with Gasteiger partial charge >= 0.3 is 5.97 Å². The number of amides is 1. The first-order valence-electron chi connectivity index (χ1n) is 9.38. The first-order chi connectivity index (χ1) is 13.8. The lowest BCUT2D eigenvalue weighted by atomic mass is 10.1. The number of ether oxygens (including phenoxy) is 1. The lowest BCUT2D eigenvalue weighted by molar-refractivity contribution is -0.140. The molecule has 1 aliphatic rings. The Labute approximate surface area is 170 Å². The fraction of sp³-hybridized carbons (Fsp3) is 0.333. The van der Waals surface area contributed by atoms with E-state index in [1.807, 2.05) is 6.07 Å². The third-order valence-corrected chi connectivity index (χ3v) is 6.63. The van der Waals surface area contributed by atoms with Crippen LogP contribution >= 0.6 is 0 Å². The van der Waals surface area contributed by atoms with E-state index in [4.69, 9.17) is 4.74 Å². The minimum atomic E-state index is -3.69. The largest absolute Gasteiger partial charge is 0.444 e. The molecule has 154 valence electrons. The van der Waals surface area contributed by atoms with Gasteiger partial charge in [0.25, 0.3) is 5.91 Å². The lowest BCUT2D eigenvalue weighted by Crippen LogP contribution is -2.34. The number of rotatable bonds is 6. The molecule has 29 heavy (non-hydrogen) atoms. The maximum Gasteiger partial charge on any atom is 0.339 e. The van der Waals surface area contributed by atoms with E-state index < -0.39 is 22.1 Å². The SMILES string of the molecule is CN(C)S(=O)(=O)c1cccc(C(=O)O[C@@H](C(=O)N2CCCC2)c2ccccc2)c1. The van der Waals surface area contributed by atoms with Crippen molar-refractivity contribution in [1.29, 1.82) is 0 Å². The van der Waals surface area contributed by atoms with E-state index in [-0.39, 0.29) is 16.4 Å². The van der Waals surface area contributed by atoms with Gasteiger partial charge in [0, 0.05) is 32.7 Å². The molecule has 0 N–H and O–H groups in total. The second kappa shape index (κ2) is 8.75. The summed E-state index contributed by atoms with van der Waals surface area (Å²) in [5.74, 6) is -1.01. The van der Waals surface area contributed by atoms with Gasteiger partial charge in [0.15, 0.2) is 0 Å². The number of likely N-dealkylation sites (tertiary alicyclic amines) is 1. The monoisotopic (exact) mass is 416 g/mol. The number of hydrogen-bond acceptors (Lipinski definition) is 5. The third kappa shape index (κ3) is 4.65. The summed E-state index contributed by atoms with van der Waals surface area (Å²) in [6.07, 6.45) is 0.771. The minimum absolute atomic E-state index is 0.0147. The van der Waals surface area contributed by atoms with Crippen LogP contribution in [0, 0.1) is 0 Å². The number of hydrogen-bond donors (Lipinski definition) is 0. The molecule has 0 unspecified atom stereocenters.